The maximum Gasteiger partial charge on any atom is 0.252 e. The zero-order chi connectivity index (χ0) is 8.97. The molecule has 1 amide bonds. The molecule has 1 N–H and O–H groups in total. The Morgan fingerprint density at radius 1 is 1.67 bits per heavy atom. The third-order valence-corrected chi connectivity index (χ3v) is 1.40. The normalized spacial score (nSPS) is 8.67. The molecule has 0 fully saturated rings. The molecular weight excluding hydrogens is 152 g/mol. The van der Waals surface area contributed by atoms with E-state index in [-0.39, 0.29) is 5.91 Å². The van der Waals surface area contributed by atoms with Gasteiger partial charge in [0.1, 0.15) is 5.69 Å². The van der Waals surface area contributed by atoms with E-state index in [1.807, 2.05) is 0 Å². The predicted molar refractivity (Wildman–Crippen MR) is 45.6 cm³/mol. The third kappa shape index (κ3) is 1.61. The molecule has 60 valence electrons. The van der Waals surface area contributed by atoms with Gasteiger partial charge >= 0.3 is 0 Å². The van der Waals surface area contributed by atoms with Gasteiger partial charge in [0.05, 0.1) is 5.56 Å². The van der Waals surface area contributed by atoms with Crippen molar-refractivity contribution in [3.8, 4) is 12.3 Å². The third-order valence-electron chi connectivity index (χ3n) is 1.40. The molecule has 0 aliphatic rings. The summed E-state index contributed by atoms with van der Waals surface area (Å²) < 4.78 is 0. The highest BCUT2D eigenvalue weighted by molar-refractivity contribution is 5.93. The zero-order valence-corrected chi connectivity index (χ0v) is 6.66. The average Bonchev–Trinajstić information content (AvgIpc) is 2.17. The summed E-state index contributed by atoms with van der Waals surface area (Å²) in [5.41, 5.74) is 1.04. The molecule has 0 saturated carbocycles. The number of amides is 1. The van der Waals surface area contributed by atoms with E-state index < -0.39 is 0 Å². The highest BCUT2D eigenvalue weighted by Gasteiger charge is 2.01. The lowest BCUT2D eigenvalue weighted by Gasteiger charge is -1.97. The van der Waals surface area contributed by atoms with E-state index in [9.17, 15) is 4.79 Å². The first kappa shape index (κ1) is 8.28. The largest absolute Gasteiger partial charge is 0.355 e. The first-order chi connectivity index (χ1) is 5.77. The van der Waals surface area contributed by atoms with Gasteiger partial charge in [-0.25, -0.2) is 4.98 Å². The van der Waals surface area contributed by atoms with Gasteiger partial charge < -0.3 is 5.32 Å². The minimum atomic E-state index is -0.161. The van der Waals surface area contributed by atoms with Crippen LogP contribution in [0.4, 0.5) is 0 Å². The van der Waals surface area contributed by atoms with Gasteiger partial charge in [0, 0.05) is 13.2 Å². The smallest absolute Gasteiger partial charge is 0.252 e. The molecule has 0 aliphatic heterocycles. The minimum absolute atomic E-state index is 0.161. The van der Waals surface area contributed by atoms with Crippen molar-refractivity contribution in [2.45, 2.75) is 0 Å². The Hall–Kier alpha value is -1.82. The van der Waals surface area contributed by atoms with Crippen molar-refractivity contribution in [3.63, 3.8) is 0 Å². The highest BCUT2D eigenvalue weighted by atomic mass is 16.1. The Labute approximate surface area is 70.8 Å². The highest BCUT2D eigenvalue weighted by Crippen LogP contribution is 1.98. The van der Waals surface area contributed by atoms with Gasteiger partial charge in [-0.1, -0.05) is 5.92 Å². The van der Waals surface area contributed by atoms with Crippen molar-refractivity contribution in [2.75, 3.05) is 7.05 Å². The lowest BCUT2D eigenvalue weighted by molar-refractivity contribution is 0.0963. The lowest BCUT2D eigenvalue weighted by atomic mass is 10.2. The molecule has 0 unspecified atom stereocenters. The molecule has 0 saturated heterocycles. The van der Waals surface area contributed by atoms with E-state index in [0.29, 0.717) is 11.3 Å². The van der Waals surface area contributed by atoms with Crippen molar-refractivity contribution >= 4 is 5.91 Å². The molecule has 0 aromatic carbocycles. The topological polar surface area (TPSA) is 42.0 Å². The molecule has 1 aromatic heterocycles. The van der Waals surface area contributed by atoms with E-state index >= 15 is 0 Å². The van der Waals surface area contributed by atoms with Crippen molar-refractivity contribution in [2.24, 2.45) is 0 Å². The van der Waals surface area contributed by atoms with Crippen LogP contribution in [0, 0.1) is 12.3 Å². The van der Waals surface area contributed by atoms with E-state index in [1.165, 1.54) is 6.20 Å². The quantitative estimate of drug-likeness (QED) is 0.605. The molecular formula is C9H8N2O. The molecule has 0 bridgehead atoms. The molecule has 1 aromatic rings. The van der Waals surface area contributed by atoms with Crippen molar-refractivity contribution in [1.82, 2.24) is 10.3 Å². The van der Waals surface area contributed by atoms with Crippen LogP contribution in [0.5, 0.6) is 0 Å². The lowest BCUT2D eigenvalue weighted by Crippen LogP contribution is -2.17. The summed E-state index contributed by atoms with van der Waals surface area (Å²) in [5, 5.41) is 2.49. The fourth-order valence-electron chi connectivity index (χ4n) is 0.758. The van der Waals surface area contributed by atoms with E-state index in [1.54, 1.807) is 19.2 Å². The second kappa shape index (κ2) is 3.54. The Morgan fingerprint density at radius 2 is 2.42 bits per heavy atom. The van der Waals surface area contributed by atoms with Gasteiger partial charge in [0.25, 0.3) is 5.91 Å². The van der Waals surface area contributed by atoms with Crippen LogP contribution in [0.15, 0.2) is 18.3 Å². The summed E-state index contributed by atoms with van der Waals surface area (Å²) in [6.07, 6.45) is 6.55. The van der Waals surface area contributed by atoms with Gasteiger partial charge in [0.15, 0.2) is 0 Å². The number of hydrogen-bond acceptors (Lipinski definition) is 2. The van der Waals surface area contributed by atoms with Gasteiger partial charge in [-0.15, -0.1) is 6.42 Å². The van der Waals surface area contributed by atoms with E-state index in [2.05, 4.69) is 16.2 Å². The molecule has 0 aliphatic carbocycles. The number of rotatable bonds is 1. The first-order valence-electron chi connectivity index (χ1n) is 3.42. The van der Waals surface area contributed by atoms with Crippen LogP contribution in [0.3, 0.4) is 0 Å². The fraction of sp³-hybridized carbons (Fsp3) is 0.111. The van der Waals surface area contributed by atoms with E-state index in [4.69, 9.17) is 6.42 Å². The summed E-state index contributed by atoms with van der Waals surface area (Å²) >= 11 is 0. The second-order valence-electron chi connectivity index (χ2n) is 2.16. The van der Waals surface area contributed by atoms with Crippen LogP contribution in [0.2, 0.25) is 0 Å². The molecule has 1 rings (SSSR count). The van der Waals surface area contributed by atoms with Crippen LogP contribution in [-0.2, 0) is 0 Å². The molecule has 0 radical (unpaired) electrons. The molecule has 3 heteroatoms. The van der Waals surface area contributed by atoms with Crippen molar-refractivity contribution < 1.29 is 4.79 Å². The molecule has 0 atom stereocenters. The van der Waals surface area contributed by atoms with E-state index in [0.717, 1.165) is 0 Å². The van der Waals surface area contributed by atoms with Crippen molar-refractivity contribution in [1.29, 1.82) is 0 Å². The summed E-state index contributed by atoms with van der Waals surface area (Å²) in [6, 6.07) is 3.27. The Balaban J connectivity index is 2.94. The molecule has 12 heavy (non-hydrogen) atoms. The van der Waals surface area contributed by atoms with Gasteiger partial charge in [-0.2, -0.15) is 0 Å². The number of hydrogen-bond donors (Lipinski definition) is 1. The number of carbonyl (C=O) groups excluding carboxylic acids is 1. The summed E-state index contributed by atoms with van der Waals surface area (Å²) in [5.74, 6) is 2.21. The van der Waals surface area contributed by atoms with Crippen LogP contribution in [-0.4, -0.2) is 17.9 Å². The first-order valence-corrected chi connectivity index (χ1v) is 3.42. The van der Waals surface area contributed by atoms with Gasteiger partial charge in [-0.3, -0.25) is 4.79 Å². The Morgan fingerprint density at radius 3 is 2.83 bits per heavy atom. The predicted octanol–water partition coefficient (Wildman–Crippen LogP) is 0.422. The number of aromatic nitrogens is 1. The minimum Gasteiger partial charge on any atom is -0.355 e. The number of nitrogens with zero attached hydrogens (tertiary/aromatic N) is 1. The SMILES string of the molecule is C#Cc1ccc(C(=O)NC)cn1. The number of pyridine rings is 1. The summed E-state index contributed by atoms with van der Waals surface area (Å²) in [7, 11) is 1.57. The standard InChI is InChI=1S/C9H8N2O/c1-3-8-5-4-7(6-11-8)9(12)10-2/h1,4-6H,2H3,(H,10,12). The number of nitrogens with one attached hydrogen (secondary N) is 1. The number of terminal acetylenes is 1. The van der Waals surface area contributed by atoms with Gasteiger partial charge in [-0.05, 0) is 12.1 Å². The van der Waals surface area contributed by atoms with Crippen LogP contribution >= 0.6 is 0 Å². The Kier molecular flexibility index (Phi) is 2.44. The fourth-order valence-corrected chi connectivity index (χ4v) is 0.758. The van der Waals surface area contributed by atoms with Crippen LogP contribution in [0.25, 0.3) is 0 Å². The average molecular weight is 160 g/mol. The summed E-state index contributed by atoms with van der Waals surface area (Å²) in [4.78, 5) is 14.9. The number of carbonyl (C=O) groups is 1. The van der Waals surface area contributed by atoms with Crippen LogP contribution in [0.1, 0.15) is 16.1 Å². The second-order valence-corrected chi connectivity index (χ2v) is 2.16. The van der Waals surface area contributed by atoms with Gasteiger partial charge in [0.2, 0.25) is 0 Å². The van der Waals surface area contributed by atoms with Crippen molar-refractivity contribution in [3.05, 3.63) is 29.6 Å². The Bertz CT molecular complexity index is 321. The zero-order valence-electron chi connectivity index (χ0n) is 6.66. The molecule has 3 nitrogen and oxygen atoms in total. The van der Waals surface area contributed by atoms with Crippen LogP contribution < -0.4 is 5.32 Å². The monoisotopic (exact) mass is 160 g/mol. The summed E-state index contributed by atoms with van der Waals surface area (Å²) in [6.45, 7) is 0. The molecule has 0 spiro atoms. The maximum atomic E-state index is 11.0. The maximum absolute atomic E-state index is 11.0. The molecule has 1 heterocycles.